The number of benzene rings is 3. The van der Waals surface area contributed by atoms with Crippen molar-refractivity contribution in [3.05, 3.63) is 94.5 Å². The Morgan fingerprint density at radius 2 is 1.57 bits per heavy atom. The molecular weight excluding hydrogens is 546 g/mol. The zero-order valence-electron chi connectivity index (χ0n) is 23.7. The summed E-state index contributed by atoms with van der Waals surface area (Å²) in [4.78, 5) is 29.0. The van der Waals surface area contributed by atoms with E-state index in [0.717, 1.165) is 21.9 Å². The molecule has 2 atom stereocenters. The average molecular weight is 584 g/mol. The van der Waals surface area contributed by atoms with Gasteiger partial charge in [-0.3, -0.25) is 13.9 Å². The quantitative estimate of drug-likeness (QED) is 0.289. The molecule has 40 heavy (non-hydrogen) atoms. The van der Waals surface area contributed by atoms with Crippen molar-refractivity contribution in [2.75, 3.05) is 10.8 Å². The van der Waals surface area contributed by atoms with E-state index in [1.165, 1.54) is 17.0 Å². The Kier molecular flexibility index (Phi) is 10.8. The fourth-order valence-electron chi connectivity index (χ4n) is 4.34. The van der Waals surface area contributed by atoms with Gasteiger partial charge >= 0.3 is 0 Å². The zero-order valence-corrected chi connectivity index (χ0v) is 25.3. The SMILES string of the molecule is CC[C@H](C(=O)N[C@@H](C)CC)N(Cc1ccccc1)C(=O)CN(c1cc(Cl)ccc1C)S(=O)(=O)c1ccc(C)cc1. The predicted molar refractivity (Wildman–Crippen MR) is 161 cm³/mol. The number of sulfonamides is 1. The van der Waals surface area contributed by atoms with Gasteiger partial charge in [0.1, 0.15) is 12.6 Å². The second-order valence-corrected chi connectivity index (χ2v) is 12.3. The van der Waals surface area contributed by atoms with Crippen molar-refractivity contribution in [1.82, 2.24) is 10.2 Å². The summed E-state index contributed by atoms with van der Waals surface area (Å²) >= 11 is 6.29. The number of nitrogens with one attached hydrogen (secondary N) is 1. The first kappa shape index (κ1) is 31.2. The smallest absolute Gasteiger partial charge is 0.264 e. The number of carbonyl (C=O) groups excluding carboxylic acids is 2. The molecule has 3 aromatic carbocycles. The van der Waals surface area contributed by atoms with E-state index >= 15 is 0 Å². The third-order valence-corrected chi connectivity index (χ3v) is 8.92. The van der Waals surface area contributed by atoms with Gasteiger partial charge in [-0.15, -0.1) is 0 Å². The Morgan fingerprint density at radius 3 is 2.17 bits per heavy atom. The summed E-state index contributed by atoms with van der Waals surface area (Å²) in [5.41, 5.74) is 2.69. The molecule has 0 saturated heterocycles. The number of carbonyl (C=O) groups is 2. The first-order valence-corrected chi connectivity index (χ1v) is 15.3. The fourth-order valence-corrected chi connectivity index (χ4v) is 5.98. The molecule has 0 aliphatic carbocycles. The molecule has 0 spiro atoms. The molecule has 0 aliphatic heterocycles. The van der Waals surface area contributed by atoms with Gasteiger partial charge in [0.2, 0.25) is 11.8 Å². The summed E-state index contributed by atoms with van der Waals surface area (Å²) in [6.45, 7) is 9.01. The van der Waals surface area contributed by atoms with Crippen molar-refractivity contribution in [2.45, 2.75) is 71.0 Å². The van der Waals surface area contributed by atoms with E-state index in [9.17, 15) is 18.0 Å². The van der Waals surface area contributed by atoms with Crippen molar-refractivity contribution < 1.29 is 18.0 Å². The summed E-state index contributed by atoms with van der Waals surface area (Å²) in [5, 5.41) is 3.33. The first-order chi connectivity index (χ1) is 19.0. The van der Waals surface area contributed by atoms with Crippen LogP contribution < -0.4 is 9.62 Å². The summed E-state index contributed by atoms with van der Waals surface area (Å²) in [6.07, 6.45) is 1.10. The molecule has 7 nitrogen and oxygen atoms in total. The molecule has 0 unspecified atom stereocenters. The van der Waals surface area contributed by atoms with E-state index in [2.05, 4.69) is 5.32 Å². The van der Waals surface area contributed by atoms with Crippen molar-refractivity contribution in [3.63, 3.8) is 0 Å². The van der Waals surface area contributed by atoms with Gasteiger partial charge in [-0.05, 0) is 69.0 Å². The monoisotopic (exact) mass is 583 g/mol. The third-order valence-electron chi connectivity index (χ3n) is 6.91. The molecular formula is C31H38ClN3O4S. The van der Waals surface area contributed by atoms with Gasteiger partial charge < -0.3 is 10.2 Å². The molecule has 0 radical (unpaired) electrons. The van der Waals surface area contributed by atoms with Crippen LogP contribution in [0.2, 0.25) is 5.02 Å². The number of amides is 2. The zero-order chi connectivity index (χ0) is 29.4. The average Bonchev–Trinajstić information content (AvgIpc) is 2.93. The lowest BCUT2D eigenvalue weighted by Crippen LogP contribution is -2.53. The number of anilines is 1. The molecule has 0 fully saturated rings. The van der Waals surface area contributed by atoms with Crippen LogP contribution in [0.1, 0.15) is 50.3 Å². The highest BCUT2D eigenvalue weighted by Crippen LogP contribution is 2.30. The van der Waals surface area contributed by atoms with E-state index in [-0.39, 0.29) is 23.4 Å². The van der Waals surface area contributed by atoms with Crippen molar-refractivity contribution in [1.29, 1.82) is 0 Å². The number of hydrogen-bond donors (Lipinski definition) is 1. The predicted octanol–water partition coefficient (Wildman–Crippen LogP) is 5.87. The molecule has 3 rings (SSSR count). The van der Waals surface area contributed by atoms with Crippen molar-refractivity contribution in [2.24, 2.45) is 0 Å². The van der Waals surface area contributed by atoms with Crippen LogP contribution in [0.3, 0.4) is 0 Å². The summed E-state index contributed by atoms with van der Waals surface area (Å²) < 4.78 is 29.1. The number of halogens is 1. The van der Waals surface area contributed by atoms with Gasteiger partial charge in [0.25, 0.3) is 10.0 Å². The van der Waals surface area contributed by atoms with Gasteiger partial charge in [0.05, 0.1) is 10.6 Å². The lowest BCUT2D eigenvalue weighted by atomic mass is 10.1. The Labute approximate surface area is 243 Å². The Hall–Kier alpha value is -3.36. The second-order valence-electron chi connectivity index (χ2n) is 10.0. The standard InChI is InChI=1S/C31H38ClN3O4S/c1-6-24(5)33-31(37)28(7-2)34(20-25-11-9-8-10-12-25)30(36)21-35(29-19-26(32)16-15-23(29)4)40(38,39)27-17-13-22(3)14-18-27/h8-19,24,28H,6-7,20-21H2,1-5H3,(H,33,37)/t24-,28+/m0/s1. The molecule has 0 aromatic heterocycles. The minimum Gasteiger partial charge on any atom is -0.352 e. The number of rotatable bonds is 12. The minimum atomic E-state index is -4.16. The maximum atomic E-state index is 14.1. The molecule has 1 N–H and O–H groups in total. The van der Waals surface area contributed by atoms with Crippen LogP contribution in [0.15, 0.2) is 77.7 Å². The molecule has 2 amide bonds. The van der Waals surface area contributed by atoms with Crippen LogP contribution in [0.5, 0.6) is 0 Å². The molecule has 0 heterocycles. The van der Waals surface area contributed by atoms with E-state index in [0.29, 0.717) is 22.7 Å². The Bertz CT molecular complexity index is 1410. The molecule has 9 heteroatoms. The fraction of sp³-hybridized carbons (Fsp3) is 0.355. The highest BCUT2D eigenvalue weighted by molar-refractivity contribution is 7.92. The number of nitrogens with zero attached hydrogens (tertiary/aromatic N) is 2. The lowest BCUT2D eigenvalue weighted by molar-refractivity contribution is -0.140. The van der Waals surface area contributed by atoms with Crippen molar-refractivity contribution >= 4 is 39.1 Å². The molecule has 0 bridgehead atoms. The summed E-state index contributed by atoms with van der Waals surface area (Å²) in [6, 6.07) is 19.9. The largest absolute Gasteiger partial charge is 0.352 e. The summed E-state index contributed by atoms with van der Waals surface area (Å²) in [5.74, 6) is -0.766. The van der Waals surface area contributed by atoms with Gasteiger partial charge in [-0.25, -0.2) is 8.42 Å². The molecule has 0 saturated carbocycles. The van der Waals surface area contributed by atoms with E-state index < -0.39 is 28.5 Å². The van der Waals surface area contributed by atoms with Crippen LogP contribution in [0.25, 0.3) is 0 Å². The van der Waals surface area contributed by atoms with Crippen molar-refractivity contribution in [3.8, 4) is 0 Å². The number of hydrogen-bond acceptors (Lipinski definition) is 4. The highest BCUT2D eigenvalue weighted by Gasteiger charge is 2.34. The van der Waals surface area contributed by atoms with E-state index in [4.69, 9.17) is 11.6 Å². The second kappa shape index (κ2) is 13.8. The van der Waals surface area contributed by atoms with Crippen LogP contribution in [-0.2, 0) is 26.2 Å². The van der Waals surface area contributed by atoms with Gasteiger partial charge in [-0.2, -0.15) is 0 Å². The molecule has 3 aromatic rings. The molecule has 214 valence electrons. The minimum absolute atomic E-state index is 0.0569. The summed E-state index contributed by atoms with van der Waals surface area (Å²) in [7, 11) is -4.16. The maximum Gasteiger partial charge on any atom is 0.264 e. The molecule has 0 aliphatic rings. The van der Waals surface area contributed by atoms with Gasteiger partial charge in [0.15, 0.2) is 0 Å². The normalized spacial score (nSPS) is 12.8. The first-order valence-electron chi connectivity index (χ1n) is 13.5. The van der Waals surface area contributed by atoms with Gasteiger partial charge in [-0.1, -0.05) is 79.5 Å². The lowest BCUT2D eigenvalue weighted by Gasteiger charge is -2.34. The highest BCUT2D eigenvalue weighted by atomic mass is 35.5. The Morgan fingerprint density at radius 1 is 0.925 bits per heavy atom. The van der Waals surface area contributed by atoms with E-state index in [1.54, 1.807) is 37.3 Å². The van der Waals surface area contributed by atoms with Gasteiger partial charge in [0, 0.05) is 17.6 Å². The third kappa shape index (κ3) is 7.64. The maximum absolute atomic E-state index is 14.1. The van der Waals surface area contributed by atoms with Crippen LogP contribution in [-0.4, -0.2) is 43.8 Å². The van der Waals surface area contributed by atoms with Crippen LogP contribution in [0, 0.1) is 13.8 Å². The Balaban J connectivity index is 2.09. The van der Waals surface area contributed by atoms with Crippen LogP contribution in [0.4, 0.5) is 5.69 Å². The number of aryl methyl sites for hydroxylation is 2. The van der Waals surface area contributed by atoms with Crippen LogP contribution >= 0.6 is 11.6 Å². The topological polar surface area (TPSA) is 86.8 Å². The van der Waals surface area contributed by atoms with E-state index in [1.807, 2.05) is 58.0 Å².